The van der Waals surface area contributed by atoms with Crippen molar-refractivity contribution < 1.29 is 23.0 Å². The van der Waals surface area contributed by atoms with Crippen LogP contribution in [0.25, 0.3) is 11.4 Å². The number of alkyl halides is 2. The lowest BCUT2D eigenvalue weighted by Crippen LogP contribution is -2.24. The predicted molar refractivity (Wildman–Crippen MR) is 114 cm³/mol. The summed E-state index contributed by atoms with van der Waals surface area (Å²) in [5.74, 6) is 0.580. The first-order valence-corrected chi connectivity index (χ1v) is 9.89. The molecule has 2 N–H and O–H groups in total. The average Bonchev–Trinajstić information content (AvgIpc) is 3.11. The standard InChI is InChI=1S/C21H22F2N4O3S/c1-13-4-3-5-15(10-13)19-25-26-21(31)27(19)9-8-18(28)24-12-14-6-7-16(30-20(22)23)17(11-14)29-2/h3-7,10-11,20H,8-9,12H2,1-2H3,(H,24,28)(H,26,31). The molecule has 1 amide bonds. The Hall–Kier alpha value is -3.27. The van der Waals surface area contributed by atoms with Gasteiger partial charge in [0.05, 0.1) is 7.11 Å². The molecule has 10 heteroatoms. The van der Waals surface area contributed by atoms with Crippen molar-refractivity contribution >= 4 is 18.1 Å². The minimum Gasteiger partial charge on any atom is -0.493 e. The topological polar surface area (TPSA) is 81.2 Å². The van der Waals surface area contributed by atoms with Gasteiger partial charge in [0.25, 0.3) is 0 Å². The number of nitrogens with zero attached hydrogens (tertiary/aromatic N) is 2. The van der Waals surface area contributed by atoms with Crippen molar-refractivity contribution in [3.8, 4) is 22.9 Å². The van der Waals surface area contributed by atoms with E-state index in [1.54, 1.807) is 16.7 Å². The number of carbonyl (C=O) groups is 1. The van der Waals surface area contributed by atoms with Crippen LogP contribution in [0.2, 0.25) is 0 Å². The zero-order valence-corrected chi connectivity index (χ0v) is 17.8. The molecule has 7 nitrogen and oxygen atoms in total. The van der Waals surface area contributed by atoms with E-state index in [2.05, 4.69) is 20.3 Å². The Morgan fingerprint density at radius 1 is 1.26 bits per heavy atom. The van der Waals surface area contributed by atoms with Crippen LogP contribution in [0.15, 0.2) is 42.5 Å². The molecule has 164 valence electrons. The van der Waals surface area contributed by atoms with Crippen molar-refractivity contribution in [2.75, 3.05) is 7.11 Å². The molecule has 0 spiro atoms. The molecule has 1 heterocycles. The van der Waals surface area contributed by atoms with E-state index in [4.69, 9.17) is 17.0 Å². The van der Waals surface area contributed by atoms with E-state index >= 15 is 0 Å². The zero-order chi connectivity index (χ0) is 22.4. The lowest BCUT2D eigenvalue weighted by Gasteiger charge is -2.12. The Morgan fingerprint density at radius 2 is 2.06 bits per heavy atom. The van der Waals surface area contributed by atoms with Crippen molar-refractivity contribution in [3.63, 3.8) is 0 Å². The first-order chi connectivity index (χ1) is 14.9. The van der Waals surface area contributed by atoms with E-state index < -0.39 is 6.61 Å². The number of hydrogen-bond donors (Lipinski definition) is 2. The smallest absolute Gasteiger partial charge is 0.387 e. The molecule has 0 radical (unpaired) electrons. The minimum absolute atomic E-state index is 0.0643. The number of benzene rings is 2. The summed E-state index contributed by atoms with van der Waals surface area (Å²) in [6.07, 6.45) is 0.191. The summed E-state index contributed by atoms with van der Waals surface area (Å²) in [4.78, 5) is 12.3. The van der Waals surface area contributed by atoms with Crippen LogP contribution in [0.3, 0.4) is 0 Å². The van der Waals surface area contributed by atoms with E-state index in [-0.39, 0.29) is 30.4 Å². The van der Waals surface area contributed by atoms with Gasteiger partial charge in [-0.1, -0.05) is 29.8 Å². The SMILES string of the molecule is COc1cc(CNC(=O)CCn2c(-c3cccc(C)c3)n[nH]c2=S)ccc1OC(F)F. The van der Waals surface area contributed by atoms with Crippen LogP contribution in [0.5, 0.6) is 11.5 Å². The molecule has 3 rings (SSSR count). The third kappa shape index (κ3) is 5.88. The number of rotatable bonds is 9. The maximum absolute atomic E-state index is 12.4. The molecular weight excluding hydrogens is 426 g/mol. The number of aromatic amines is 1. The summed E-state index contributed by atoms with van der Waals surface area (Å²) < 4.78 is 36.5. The molecule has 31 heavy (non-hydrogen) atoms. The fourth-order valence-corrected chi connectivity index (χ4v) is 3.27. The van der Waals surface area contributed by atoms with E-state index in [1.165, 1.54) is 13.2 Å². The second-order valence-corrected chi connectivity index (χ2v) is 7.15. The molecule has 0 saturated carbocycles. The quantitative estimate of drug-likeness (QED) is 0.479. The van der Waals surface area contributed by atoms with E-state index in [0.29, 0.717) is 22.7 Å². The second-order valence-electron chi connectivity index (χ2n) is 6.76. The number of methoxy groups -OCH3 is 1. The lowest BCUT2D eigenvalue weighted by atomic mass is 10.1. The third-order valence-corrected chi connectivity index (χ3v) is 4.84. The minimum atomic E-state index is -2.95. The van der Waals surface area contributed by atoms with Crippen LogP contribution in [0.1, 0.15) is 17.5 Å². The maximum Gasteiger partial charge on any atom is 0.387 e. The first-order valence-electron chi connectivity index (χ1n) is 9.48. The Kier molecular flexibility index (Phi) is 7.35. The Balaban J connectivity index is 1.60. The number of nitrogens with one attached hydrogen (secondary N) is 2. The molecule has 0 bridgehead atoms. The molecule has 0 saturated heterocycles. The van der Waals surface area contributed by atoms with Crippen molar-refractivity contribution in [2.24, 2.45) is 0 Å². The lowest BCUT2D eigenvalue weighted by molar-refractivity contribution is -0.121. The number of carbonyl (C=O) groups excluding carboxylic acids is 1. The Morgan fingerprint density at radius 3 is 2.77 bits per heavy atom. The van der Waals surface area contributed by atoms with Gasteiger partial charge in [-0.25, -0.2) is 0 Å². The average molecular weight is 448 g/mol. The monoisotopic (exact) mass is 448 g/mol. The Labute approximate surface area is 183 Å². The number of amides is 1. The molecule has 2 aromatic carbocycles. The summed E-state index contributed by atoms with van der Waals surface area (Å²) in [5, 5.41) is 9.85. The number of ether oxygens (including phenoxy) is 2. The predicted octanol–water partition coefficient (Wildman–Crippen LogP) is 4.23. The molecule has 0 atom stereocenters. The number of halogens is 2. The second kappa shape index (κ2) is 10.2. The van der Waals surface area contributed by atoms with Gasteiger partial charge >= 0.3 is 6.61 Å². The molecule has 0 unspecified atom stereocenters. The summed E-state index contributed by atoms with van der Waals surface area (Å²) in [6.45, 7) is -0.386. The molecule has 0 fully saturated rings. The van der Waals surface area contributed by atoms with Gasteiger partial charge in [0, 0.05) is 25.1 Å². The van der Waals surface area contributed by atoms with Crippen LogP contribution >= 0.6 is 12.2 Å². The van der Waals surface area contributed by atoms with Gasteiger partial charge in [0.1, 0.15) is 0 Å². The number of H-pyrrole nitrogens is 1. The van der Waals surface area contributed by atoms with Crippen LogP contribution in [-0.2, 0) is 17.9 Å². The van der Waals surface area contributed by atoms with Gasteiger partial charge in [-0.15, -0.1) is 0 Å². The first kappa shape index (κ1) is 22.4. The van der Waals surface area contributed by atoms with E-state index in [9.17, 15) is 13.6 Å². The zero-order valence-electron chi connectivity index (χ0n) is 17.0. The van der Waals surface area contributed by atoms with Crippen molar-refractivity contribution in [3.05, 3.63) is 58.4 Å². The molecule has 0 aliphatic heterocycles. The summed E-state index contributed by atoms with van der Waals surface area (Å²) in [6, 6.07) is 12.4. The van der Waals surface area contributed by atoms with Crippen LogP contribution in [0, 0.1) is 11.7 Å². The number of aryl methyl sites for hydroxylation is 1. The molecule has 0 aliphatic rings. The third-order valence-electron chi connectivity index (χ3n) is 4.53. The molecule has 0 aliphatic carbocycles. The molecule has 1 aromatic heterocycles. The Bertz CT molecular complexity index is 1110. The van der Waals surface area contributed by atoms with Crippen molar-refractivity contribution in [2.45, 2.75) is 33.0 Å². The maximum atomic E-state index is 12.4. The van der Waals surface area contributed by atoms with Crippen molar-refractivity contribution in [1.82, 2.24) is 20.1 Å². The van der Waals surface area contributed by atoms with Gasteiger partial charge in [-0.3, -0.25) is 14.5 Å². The highest BCUT2D eigenvalue weighted by molar-refractivity contribution is 7.71. The van der Waals surface area contributed by atoms with Gasteiger partial charge < -0.3 is 14.8 Å². The van der Waals surface area contributed by atoms with Gasteiger partial charge in [-0.2, -0.15) is 13.9 Å². The van der Waals surface area contributed by atoms with Crippen LogP contribution < -0.4 is 14.8 Å². The number of aromatic nitrogens is 3. The fourth-order valence-electron chi connectivity index (χ4n) is 3.05. The highest BCUT2D eigenvalue weighted by atomic mass is 32.1. The highest BCUT2D eigenvalue weighted by Crippen LogP contribution is 2.29. The van der Waals surface area contributed by atoms with Crippen molar-refractivity contribution in [1.29, 1.82) is 0 Å². The van der Waals surface area contributed by atoms with E-state index in [1.807, 2.05) is 31.2 Å². The van der Waals surface area contributed by atoms with E-state index in [0.717, 1.165) is 11.1 Å². The summed E-state index contributed by atoms with van der Waals surface area (Å²) >= 11 is 5.30. The van der Waals surface area contributed by atoms with Gasteiger partial charge in [-0.05, 0) is 42.9 Å². The van der Waals surface area contributed by atoms with Gasteiger partial charge in [0.2, 0.25) is 5.91 Å². The highest BCUT2D eigenvalue weighted by Gasteiger charge is 2.13. The molecule has 3 aromatic rings. The van der Waals surface area contributed by atoms with Crippen LogP contribution in [-0.4, -0.2) is 34.4 Å². The normalized spacial score (nSPS) is 10.9. The fraction of sp³-hybridized carbons (Fsp3) is 0.286. The largest absolute Gasteiger partial charge is 0.493 e. The molecular formula is C21H22F2N4O3S. The summed E-state index contributed by atoms with van der Waals surface area (Å²) in [5.41, 5.74) is 2.69. The summed E-state index contributed by atoms with van der Waals surface area (Å²) in [7, 11) is 1.36. The number of hydrogen-bond acceptors (Lipinski definition) is 5. The van der Waals surface area contributed by atoms with Crippen LogP contribution in [0.4, 0.5) is 8.78 Å². The van der Waals surface area contributed by atoms with Gasteiger partial charge in [0.15, 0.2) is 22.1 Å².